The van der Waals surface area contributed by atoms with E-state index in [1.807, 2.05) is 6.07 Å². The second-order valence-corrected chi connectivity index (χ2v) is 6.86. The van der Waals surface area contributed by atoms with Gasteiger partial charge in [0.25, 0.3) is 5.69 Å². The molecule has 0 atom stereocenters. The van der Waals surface area contributed by atoms with Crippen LogP contribution in [0.2, 0.25) is 0 Å². The van der Waals surface area contributed by atoms with Gasteiger partial charge in [0.05, 0.1) is 4.92 Å². The molecule has 1 aromatic rings. The largest absolute Gasteiger partial charge is 0.307 e. The molecule has 106 valence electrons. The molecule has 0 amide bonds. The van der Waals surface area contributed by atoms with Gasteiger partial charge in [-0.2, -0.15) is 0 Å². The van der Waals surface area contributed by atoms with E-state index in [-0.39, 0.29) is 21.6 Å². The first-order valence-electron chi connectivity index (χ1n) is 6.58. The smallest absolute Gasteiger partial charge is 0.273 e. The molecule has 0 radical (unpaired) electrons. The molecule has 1 N–H and O–H groups in total. The summed E-state index contributed by atoms with van der Waals surface area (Å²) in [5.74, 6) is 0. The predicted molar refractivity (Wildman–Crippen MR) is 78.1 cm³/mol. The van der Waals surface area contributed by atoms with Gasteiger partial charge in [-0.15, -0.1) is 0 Å². The molecule has 1 aromatic carbocycles. The number of nitrogens with zero attached hydrogens (tertiary/aromatic N) is 1. The second-order valence-electron chi connectivity index (χ2n) is 6.86. The van der Waals surface area contributed by atoms with Gasteiger partial charge in [-0.3, -0.25) is 10.1 Å². The minimum Gasteiger partial charge on any atom is -0.307 e. The molecule has 0 saturated carbocycles. The Morgan fingerprint density at radius 3 is 2.26 bits per heavy atom. The van der Waals surface area contributed by atoms with Crippen molar-refractivity contribution in [3.63, 3.8) is 0 Å². The lowest BCUT2D eigenvalue weighted by Crippen LogP contribution is -2.41. The zero-order valence-electron chi connectivity index (χ0n) is 12.5. The van der Waals surface area contributed by atoms with Crippen LogP contribution in [-0.4, -0.2) is 10.5 Å². The summed E-state index contributed by atoms with van der Waals surface area (Å²) in [6.45, 7) is 11.4. The highest BCUT2D eigenvalue weighted by Crippen LogP contribution is 2.27. The van der Waals surface area contributed by atoms with Crippen molar-refractivity contribution in [2.24, 2.45) is 5.41 Å². The lowest BCUT2D eigenvalue weighted by atomic mass is 9.81. The summed E-state index contributed by atoms with van der Waals surface area (Å²) in [7, 11) is 0. The SMILES string of the molecule is CC(C)(C)CC(C)(C)NCc1ccccc1[N+](=O)[O-]. The number of hydrogen-bond donors (Lipinski definition) is 1. The van der Waals surface area contributed by atoms with E-state index >= 15 is 0 Å². The average molecular weight is 264 g/mol. The van der Waals surface area contributed by atoms with E-state index < -0.39 is 0 Å². The molecule has 0 spiro atoms. The molecule has 0 aliphatic rings. The van der Waals surface area contributed by atoms with E-state index in [1.54, 1.807) is 18.2 Å². The monoisotopic (exact) mass is 264 g/mol. The van der Waals surface area contributed by atoms with Crippen LogP contribution in [0, 0.1) is 15.5 Å². The summed E-state index contributed by atoms with van der Waals surface area (Å²) >= 11 is 0. The van der Waals surface area contributed by atoms with Gasteiger partial charge in [0.1, 0.15) is 0 Å². The van der Waals surface area contributed by atoms with E-state index in [9.17, 15) is 10.1 Å². The first-order chi connectivity index (χ1) is 8.61. The molecule has 0 bridgehead atoms. The van der Waals surface area contributed by atoms with Crippen molar-refractivity contribution in [2.75, 3.05) is 0 Å². The lowest BCUT2D eigenvalue weighted by molar-refractivity contribution is -0.385. The summed E-state index contributed by atoms with van der Waals surface area (Å²) in [5, 5.41) is 14.4. The number of nitrogens with one attached hydrogen (secondary N) is 1. The van der Waals surface area contributed by atoms with Gasteiger partial charge in [0.2, 0.25) is 0 Å². The van der Waals surface area contributed by atoms with E-state index in [1.165, 1.54) is 0 Å². The molecular weight excluding hydrogens is 240 g/mol. The quantitative estimate of drug-likeness (QED) is 0.648. The number of benzene rings is 1. The maximum Gasteiger partial charge on any atom is 0.273 e. The lowest BCUT2D eigenvalue weighted by Gasteiger charge is -2.33. The predicted octanol–water partition coefficient (Wildman–Crippen LogP) is 3.90. The second kappa shape index (κ2) is 5.70. The van der Waals surface area contributed by atoms with Gasteiger partial charge >= 0.3 is 0 Å². The summed E-state index contributed by atoms with van der Waals surface area (Å²) in [6.07, 6.45) is 1.00. The molecule has 1 rings (SSSR count). The molecule has 0 saturated heterocycles. The van der Waals surface area contributed by atoms with Gasteiger partial charge in [-0.05, 0) is 25.7 Å². The number of para-hydroxylation sites is 1. The summed E-state index contributed by atoms with van der Waals surface area (Å²) in [5.41, 5.74) is 1.08. The van der Waals surface area contributed by atoms with Crippen LogP contribution >= 0.6 is 0 Å². The van der Waals surface area contributed by atoms with Crippen LogP contribution in [0.3, 0.4) is 0 Å². The van der Waals surface area contributed by atoms with Crippen LogP contribution in [0.1, 0.15) is 46.6 Å². The van der Waals surface area contributed by atoms with Gasteiger partial charge in [-0.1, -0.05) is 39.0 Å². The first-order valence-corrected chi connectivity index (χ1v) is 6.58. The summed E-state index contributed by atoms with van der Waals surface area (Å²) in [4.78, 5) is 10.6. The average Bonchev–Trinajstić information content (AvgIpc) is 2.23. The number of nitro groups is 1. The highest BCUT2D eigenvalue weighted by molar-refractivity contribution is 5.39. The molecule has 4 nitrogen and oxygen atoms in total. The molecule has 4 heteroatoms. The van der Waals surface area contributed by atoms with Crippen molar-refractivity contribution in [3.05, 3.63) is 39.9 Å². The Morgan fingerprint density at radius 2 is 1.74 bits per heavy atom. The molecule has 0 aliphatic heterocycles. The fraction of sp³-hybridized carbons (Fsp3) is 0.600. The molecule has 0 unspecified atom stereocenters. The number of rotatable bonds is 5. The van der Waals surface area contributed by atoms with E-state index in [0.29, 0.717) is 6.54 Å². The third-order valence-electron chi connectivity index (χ3n) is 2.92. The van der Waals surface area contributed by atoms with Crippen LogP contribution in [-0.2, 0) is 6.54 Å². The Hall–Kier alpha value is -1.42. The normalized spacial score (nSPS) is 12.5. The molecule has 0 heterocycles. The highest BCUT2D eigenvalue weighted by Gasteiger charge is 2.25. The van der Waals surface area contributed by atoms with Crippen LogP contribution in [0.4, 0.5) is 5.69 Å². The van der Waals surface area contributed by atoms with Gasteiger partial charge in [-0.25, -0.2) is 0 Å². The summed E-state index contributed by atoms with van der Waals surface area (Å²) < 4.78 is 0. The van der Waals surface area contributed by atoms with Crippen molar-refractivity contribution in [1.82, 2.24) is 5.32 Å². The van der Waals surface area contributed by atoms with Crippen LogP contribution < -0.4 is 5.32 Å². The van der Waals surface area contributed by atoms with E-state index in [0.717, 1.165) is 12.0 Å². The number of hydrogen-bond acceptors (Lipinski definition) is 3. The van der Waals surface area contributed by atoms with E-state index in [4.69, 9.17) is 0 Å². The van der Waals surface area contributed by atoms with Crippen molar-refractivity contribution in [1.29, 1.82) is 0 Å². The third kappa shape index (κ3) is 5.39. The molecule has 19 heavy (non-hydrogen) atoms. The zero-order chi connectivity index (χ0) is 14.7. The van der Waals surface area contributed by atoms with Crippen molar-refractivity contribution < 1.29 is 4.92 Å². The van der Waals surface area contributed by atoms with Crippen LogP contribution in [0.25, 0.3) is 0 Å². The topological polar surface area (TPSA) is 55.2 Å². The van der Waals surface area contributed by atoms with Crippen molar-refractivity contribution >= 4 is 5.69 Å². The maximum absolute atomic E-state index is 11.0. The molecular formula is C15H24N2O2. The maximum atomic E-state index is 11.0. The Bertz CT molecular complexity index is 448. The fourth-order valence-electron chi connectivity index (χ4n) is 2.56. The Balaban J connectivity index is 2.74. The molecule has 0 aromatic heterocycles. The minimum atomic E-state index is -0.326. The Labute approximate surface area is 115 Å². The number of nitro benzene ring substituents is 1. The van der Waals surface area contributed by atoms with Crippen LogP contribution in [0.15, 0.2) is 24.3 Å². The fourth-order valence-corrected chi connectivity index (χ4v) is 2.56. The third-order valence-corrected chi connectivity index (χ3v) is 2.92. The van der Waals surface area contributed by atoms with Crippen molar-refractivity contribution in [3.8, 4) is 0 Å². The minimum absolute atomic E-state index is 0.0536. The van der Waals surface area contributed by atoms with E-state index in [2.05, 4.69) is 39.9 Å². The van der Waals surface area contributed by atoms with Crippen molar-refractivity contribution in [2.45, 2.75) is 53.1 Å². The van der Waals surface area contributed by atoms with Crippen LogP contribution in [0.5, 0.6) is 0 Å². The zero-order valence-corrected chi connectivity index (χ0v) is 12.5. The Kier molecular flexibility index (Phi) is 4.69. The molecule has 0 aliphatic carbocycles. The summed E-state index contributed by atoms with van der Waals surface area (Å²) in [6, 6.07) is 6.88. The Morgan fingerprint density at radius 1 is 1.16 bits per heavy atom. The van der Waals surface area contributed by atoms with Gasteiger partial charge in [0.15, 0.2) is 0 Å². The van der Waals surface area contributed by atoms with Gasteiger partial charge < -0.3 is 5.32 Å². The van der Waals surface area contributed by atoms with Gasteiger partial charge in [0, 0.05) is 23.7 Å². The standard InChI is InChI=1S/C15H24N2O2/c1-14(2,3)11-15(4,5)16-10-12-8-6-7-9-13(12)17(18)19/h6-9,16H,10-11H2,1-5H3. The first kappa shape index (κ1) is 15.6. The highest BCUT2D eigenvalue weighted by atomic mass is 16.6. The molecule has 0 fully saturated rings.